The second-order valence-electron chi connectivity index (χ2n) is 5.43. The van der Waals surface area contributed by atoms with Crippen LogP contribution in [0.1, 0.15) is 12.0 Å². The molecule has 0 unspecified atom stereocenters. The van der Waals surface area contributed by atoms with Crippen LogP contribution in [-0.4, -0.2) is 25.9 Å². The van der Waals surface area contributed by atoms with Crippen LogP contribution in [-0.2, 0) is 10.0 Å². The SMILES string of the molecule is Cc1ccc(N(C2=NCCCS2)S(=O)(=O)c2ccc(Br)cc2)cc1. The third kappa shape index (κ3) is 3.68. The molecule has 0 atom stereocenters. The van der Waals surface area contributed by atoms with Crippen LogP contribution >= 0.6 is 27.7 Å². The molecule has 0 saturated heterocycles. The van der Waals surface area contributed by atoms with Gasteiger partial charge in [-0.2, -0.15) is 0 Å². The van der Waals surface area contributed by atoms with Crippen molar-refractivity contribution in [2.24, 2.45) is 4.99 Å². The van der Waals surface area contributed by atoms with Crippen LogP contribution in [0, 0.1) is 6.92 Å². The molecule has 0 N–H and O–H groups in total. The van der Waals surface area contributed by atoms with Crippen LogP contribution in [0.5, 0.6) is 0 Å². The quantitative estimate of drug-likeness (QED) is 0.731. The molecule has 126 valence electrons. The molecule has 0 fully saturated rings. The Hall–Kier alpha value is -1.31. The van der Waals surface area contributed by atoms with E-state index in [2.05, 4.69) is 20.9 Å². The van der Waals surface area contributed by atoms with Crippen LogP contribution in [0.15, 0.2) is 62.9 Å². The number of benzene rings is 2. The molecule has 0 amide bonds. The summed E-state index contributed by atoms with van der Waals surface area (Å²) in [4.78, 5) is 4.71. The van der Waals surface area contributed by atoms with E-state index >= 15 is 0 Å². The summed E-state index contributed by atoms with van der Waals surface area (Å²) < 4.78 is 28.7. The summed E-state index contributed by atoms with van der Waals surface area (Å²) in [5.41, 5.74) is 1.69. The number of hydrogen-bond donors (Lipinski definition) is 0. The van der Waals surface area contributed by atoms with E-state index in [1.807, 2.05) is 31.2 Å². The summed E-state index contributed by atoms with van der Waals surface area (Å²) in [6, 6.07) is 14.1. The Balaban J connectivity index is 2.11. The van der Waals surface area contributed by atoms with Gasteiger partial charge in [-0.05, 0) is 49.7 Å². The average Bonchev–Trinajstić information content (AvgIpc) is 2.58. The molecule has 7 heteroatoms. The predicted octanol–water partition coefficient (Wildman–Crippen LogP) is 4.45. The lowest BCUT2D eigenvalue weighted by Gasteiger charge is -2.27. The minimum atomic E-state index is -3.72. The summed E-state index contributed by atoms with van der Waals surface area (Å²) in [7, 11) is -3.72. The molecule has 24 heavy (non-hydrogen) atoms. The first kappa shape index (κ1) is 17.5. The summed E-state index contributed by atoms with van der Waals surface area (Å²) in [5, 5.41) is 0.535. The molecule has 0 aliphatic carbocycles. The third-order valence-electron chi connectivity index (χ3n) is 3.57. The zero-order valence-corrected chi connectivity index (χ0v) is 16.4. The van der Waals surface area contributed by atoms with Gasteiger partial charge in [-0.3, -0.25) is 4.99 Å². The van der Waals surface area contributed by atoms with Crippen molar-refractivity contribution in [2.75, 3.05) is 16.6 Å². The van der Waals surface area contributed by atoms with Gasteiger partial charge in [0.15, 0.2) is 5.17 Å². The van der Waals surface area contributed by atoms with Gasteiger partial charge in [-0.1, -0.05) is 45.4 Å². The van der Waals surface area contributed by atoms with Crippen molar-refractivity contribution in [1.82, 2.24) is 0 Å². The topological polar surface area (TPSA) is 49.7 Å². The Morgan fingerprint density at radius 2 is 1.75 bits per heavy atom. The highest BCUT2D eigenvalue weighted by molar-refractivity contribution is 9.10. The largest absolute Gasteiger partial charge is 0.270 e. The molecule has 2 aromatic rings. The number of aryl methyl sites for hydroxylation is 1. The molecule has 1 heterocycles. The van der Waals surface area contributed by atoms with Crippen molar-refractivity contribution in [2.45, 2.75) is 18.2 Å². The number of thioether (sulfide) groups is 1. The highest BCUT2D eigenvalue weighted by Gasteiger charge is 2.30. The van der Waals surface area contributed by atoms with Crippen molar-refractivity contribution in [3.8, 4) is 0 Å². The van der Waals surface area contributed by atoms with Crippen molar-refractivity contribution in [3.63, 3.8) is 0 Å². The minimum absolute atomic E-state index is 0.250. The first-order valence-electron chi connectivity index (χ1n) is 7.53. The number of halogens is 1. The van der Waals surface area contributed by atoms with Crippen LogP contribution < -0.4 is 4.31 Å². The number of nitrogens with zero attached hydrogens (tertiary/aromatic N) is 2. The zero-order chi connectivity index (χ0) is 17.2. The van der Waals surface area contributed by atoms with Crippen molar-refractivity contribution in [1.29, 1.82) is 0 Å². The normalized spacial score (nSPS) is 15.0. The highest BCUT2D eigenvalue weighted by Crippen LogP contribution is 2.30. The van der Waals surface area contributed by atoms with Gasteiger partial charge in [0.2, 0.25) is 0 Å². The van der Waals surface area contributed by atoms with E-state index in [1.165, 1.54) is 16.1 Å². The second kappa shape index (κ2) is 7.29. The van der Waals surface area contributed by atoms with Gasteiger partial charge in [-0.25, -0.2) is 12.7 Å². The fraction of sp³-hybridized carbons (Fsp3) is 0.235. The minimum Gasteiger partial charge on any atom is -0.261 e. The lowest BCUT2D eigenvalue weighted by Crippen LogP contribution is -2.36. The second-order valence-corrected chi connectivity index (χ2v) is 9.19. The molecule has 0 spiro atoms. The molecular weight excluding hydrogens is 408 g/mol. The van der Waals surface area contributed by atoms with Gasteiger partial charge in [0, 0.05) is 16.8 Å². The first-order chi connectivity index (χ1) is 11.5. The molecular formula is C17H17BrN2O2S2. The van der Waals surface area contributed by atoms with Crippen molar-refractivity contribution in [3.05, 3.63) is 58.6 Å². The zero-order valence-electron chi connectivity index (χ0n) is 13.1. The molecule has 4 nitrogen and oxygen atoms in total. The van der Waals surface area contributed by atoms with E-state index in [0.29, 0.717) is 17.4 Å². The van der Waals surface area contributed by atoms with Gasteiger partial charge in [-0.15, -0.1) is 0 Å². The van der Waals surface area contributed by atoms with E-state index in [4.69, 9.17) is 0 Å². The fourth-order valence-corrected chi connectivity index (χ4v) is 5.25. The van der Waals surface area contributed by atoms with Crippen molar-refractivity contribution < 1.29 is 8.42 Å². The van der Waals surface area contributed by atoms with Crippen LogP contribution in [0.25, 0.3) is 0 Å². The summed E-state index contributed by atoms with van der Waals surface area (Å²) in [5.74, 6) is 0.872. The highest BCUT2D eigenvalue weighted by atomic mass is 79.9. The molecule has 0 radical (unpaired) electrons. The Kier molecular flexibility index (Phi) is 5.32. The fourth-order valence-electron chi connectivity index (χ4n) is 2.32. The molecule has 2 aromatic carbocycles. The Labute approximate surface area is 155 Å². The number of anilines is 1. The van der Waals surface area contributed by atoms with Gasteiger partial charge in [0.05, 0.1) is 10.6 Å². The Morgan fingerprint density at radius 3 is 2.33 bits per heavy atom. The van der Waals surface area contributed by atoms with Crippen molar-refractivity contribution >= 4 is 48.6 Å². The molecule has 1 aliphatic rings. The molecule has 3 rings (SSSR count). The average molecular weight is 425 g/mol. The monoisotopic (exact) mass is 424 g/mol. The standard InChI is InChI=1S/C17H17BrN2O2S2/c1-13-3-7-15(8-4-13)20(17-19-11-2-12-23-17)24(21,22)16-9-5-14(18)6-10-16/h3-10H,2,11-12H2,1H3. The number of rotatable bonds is 3. The number of amidine groups is 1. The maximum Gasteiger partial charge on any atom is 0.270 e. The molecule has 1 aliphatic heterocycles. The van der Waals surface area contributed by atoms with E-state index in [0.717, 1.165) is 22.2 Å². The van der Waals surface area contributed by atoms with Gasteiger partial charge in [0.1, 0.15) is 0 Å². The van der Waals surface area contributed by atoms with E-state index in [1.54, 1.807) is 24.3 Å². The maximum atomic E-state index is 13.2. The van der Waals surface area contributed by atoms with Crippen LogP contribution in [0.4, 0.5) is 5.69 Å². The third-order valence-corrected chi connectivity index (χ3v) is 7.01. The summed E-state index contributed by atoms with van der Waals surface area (Å²) in [6.07, 6.45) is 0.967. The summed E-state index contributed by atoms with van der Waals surface area (Å²) in [6.45, 7) is 2.63. The van der Waals surface area contributed by atoms with E-state index in [9.17, 15) is 8.42 Å². The van der Waals surface area contributed by atoms with Gasteiger partial charge in [0.25, 0.3) is 10.0 Å². The Morgan fingerprint density at radius 1 is 1.08 bits per heavy atom. The van der Waals surface area contributed by atoms with Crippen LogP contribution in [0.3, 0.4) is 0 Å². The Bertz CT molecular complexity index is 847. The molecule has 0 bridgehead atoms. The predicted molar refractivity (Wildman–Crippen MR) is 104 cm³/mol. The van der Waals surface area contributed by atoms with E-state index in [-0.39, 0.29) is 4.90 Å². The van der Waals surface area contributed by atoms with E-state index < -0.39 is 10.0 Å². The van der Waals surface area contributed by atoms with Crippen LogP contribution in [0.2, 0.25) is 0 Å². The molecule has 0 aromatic heterocycles. The smallest absolute Gasteiger partial charge is 0.261 e. The first-order valence-corrected chi connectivity index (χ1v) is 10.8. The number of hydrogen-bond acceptors (Lipinski definition) is 4. The number of sulfonamides is 1. The van der Waals surface area contributed by atoms with Gasteiger partial charge < -0.3 is 0 Å². The summed E-state index contributed by atoms with van der Waals surface area (Å²) >= 11 is 4.82. The van der Waals surface area contributed by atoms with Gasteiger partial charge >= 0.3 is 0 Å². The lowest BCUT2D eigenvalue weighted by molar-refractivity contribution is 0.597. The lowest BCUT2D eigenvalue weighted by atomic mass is 10.2. The number of aliphatic imine (C=N–C) groups is 1. The maximum absolute atomic E-state index is 13.2. The molecule has 0 saturated carbocycles.